The number of piperazine rings is 1. The summed E-state index contributed by atoms with van der Waals surface area (Å²) in [5.41, 5.74) is 1.10. The smallest absolute Gasteiger partial charge is 0.336 e. The molecule has 0 spiro atoms. The molecule has 7 heteroatoms. The van der Waals surface area contributed by atoms with E-state index in [0.717, 1.165) is 31.7 Å². The summed E-state index contributed by atoms with van der Waals surface area (Å²) in [5, 5.41) is 13.0. The van der Waals surface area contributed by atoms with Gasteiger partial charge in [-0.1, -0.05) is 0 Å². The van der Waals surface area contributed by atoms with Crippen LogP contribution < -0.4 is 15.7 Å². The van der Waals surface area contributed by atoms with Crippen LogP contribution in [0.4, 0.5) is 0 Å². The molecule has 2 N–H and O–H groups in total. The highest BCUT2D eigenvalue weighted by molar-refractivity contribution is 5.88. The van der Waals surface area contributed by atoms with Crippen LogP contribution in [0.5, 0.6) is 5.75 Å². The number of benzene rings is 1. The van der Waals surface area contributed by atoms with Gasteiger partial charge < -0.3 is 19.6 Å². The van der Waals surface area contributed by atoms with Gasteiger partial charge in [0.15, 0.2) is 0 Å². The van der Waals surface area contributed by atoms with Crippen molar-refractivity contribution in [1.29, 1.82) is 0 Å². The van der Waals surface area contributed by atoms with Gasteiger partial charge in [-0.15, -0.1) is 0 Å². The lowest BCUT2D eigenvalue weighted by molar-refractivity contribution is -0.136. The summed E-state index contributed by atoms with van der Waals surface area (Å²) in [6.45, 7) is 4.17. The van der Waals surface area contributed by atoms with Gasteiger partial charge in [0.25, 0.3) is 0 Å². The molecule has 0 unspecified atom stereocenters. The Morgan fingerprint density at radius 1 is 1.38 bits per heavy atom. The van der Waals surface area contributed by atoms with Gasteiger partial charge >= 0.3 is 11.6 Å². The van der Waals surface area contributed by atoms with E-state index in [1.54, 1.807) is 19.2 Å². The van der Waals surface area contributed by atoms with E-state index in [2.05, 4.69) is 10.2 Å². The van der Waals surface area contributed by atoms with Crippen LogP contribution in [0.3, 0.4) is 0 Å². The lowest BCUT2D eigenvalue weighted by Crippen LogP contribution is -2.43. The maximum Gasteiger partial charge on any atom is 0.336 e. The standard InChI is InChI=1S/C17H20N2O5/c1-23-14-3-2-12-11(8-15(20)21)9-16(22)24-17(12)13(14)10-19-6-4-18-5-7-19/h2-3,9,18H,4-8,10H2,1H3,(H,20,21). The lowest BCUT2D eigenvalue weighted by atomic mass is 10.0. The van der Waals surface area contributed by atoms with Crippen LogP contribution in [-0.2, 0) is 17.8 Å². The third-order valence-corrected chi connectivity index (χ3v) is 4.21. The largest absolute Gasteiger partial charge is 0.496 e. The molecule has 24 heavy (non-hydrogen) atoms. The number of nitrogens with zero attached hydrogens (tertiary/aromatic N) is 1. The monoisotopic (exact) mass is 332 g/mol. The predicted octanol–water partition coefficient (Wildman–Crippen LogP) is 0.834. The van der Waals surface area contributed by atoms with Gasteiger partial charge in [0.2, 0.25) is 0 Å². The van der Waals surface area contributed by atoms with E-state index in [0.29, 0.717) is 28.8 Å². The summed E-state index contributed by atoms with van der Waals surface area (Å²) in [6, 6.07) is 4.79. The molecule has 1 aliphatic heterocycles. The van der Waals surface area contributed by atoms with E-state index in [1.807, 2.05) is 0 Å². The van der Waals surface area contributed by atoms with Crippen LogP contribution in [0.2, 0.25) is 0 Å². The molecular formula is C17H20N2O5. The highest BCUT2D eigenvalue weighted by atomic mass is 16.5. The second kappa shape index (κ2) is 7.02. The SMILES string of the molecule is COc1ccc2c(CC(=O)O)cc(=O)oc2c1CN1CCNCC1. The maximum absolute atomic E-state index is 11.9. The zero-order valence-corrected chi connectivity index (χ0v) is 13.5. The zero-order valence-electron chi connectivity index (χ0n) is 13.5. The van der Waals surface area contributed by atoms with Crippen molar-refractivity contribution >= 4 is 16.9 Å². The van der Waals surface area contributed by atoms with E-state index in [4.69, 9.17) is 14.3 Å². The molecular weight excluding hydrogens is 312 g/mol. The van der Waals surface area contributed by atoms with Gasteiger partial charge in [-0.25, -0.2) is 4.79 Å². The van der Waals surface area contributed by atoms with E-state index < -0.39 is 11.6 Å². The van der Waals surface area contributed by atoms with E-state index in [-0.39, 0.29) is 6.42 Å². The van der Waals surface area contributed by atoms with E-state index in [1.165, 1.54) is 6.07 Å². The topological polar surface area (TPSA) is 92.0 Å². The number of carbonyl (C=O) groups is 1. The number of carboxylic acid groups (broad SMARTS) is 1. The van der Waals surface area contributed by atoms with Crippen molar-refractivity contribution in [2.75, 3.05) is 33.3 Å². The molecule has 1 saturated heterocycles. The Morgan fingerprint density at radius 2 is 2.12 bits per heavy atom. The molecule has 2 heterocycles. The number of fused-ring (bicyclic) bond motifs is 1. The highest BCUT2D eigenvalue weighted by Gasteiger charge is 2.19. The minimum absolute atomic E-state index is 0.221. The molecule has 3 rings (SSSR count). The fourth-order valence-corrected chi connectivity index (χ4v) is 3.07. The summed E-state index contributed by atoms with van der Waals surface area (Å²) in [7, 11) is 1.57. The molecule has 0 atom stereocenters. The van der Waals surface area contributed by atoms with Crippen molar-refractivity contribution in [3.63, 3.8) is 0 Å². The average Bonchev–Trinajstić information content (AvgIpc) is 2.56. The Bertz CT molecular complexity index is 808. The van der Waals surface area contributed by atoms with Crippen molar-refractivity contribution in [2.45, 2.75) is 13.0 Å². The Balaban J connectivity index is 2.11. The molecule has 0 amide bonds. The number of nitrogens with one attached hydrogen (secondary N) is 1. The van der Waals surface area contributed by atoms with Crippen LogP contribution >= 0.6 is 0 Å². The Labute approximate surface area is 138 Å². The zero-order chi connectivity index (χ0) is 17.1. The molecule has 7 nitrogen and oxygen atoms in total. The van der Waals surface area contributed by atoms with E-state index >= 15 is 0 Å². The molecule has 1 aromatic heterocycles. The third-order valence-electron chi connectivity index (χ3n) is 4.21. The Hall–Kier alpha value is -2.38. The number of rotatable bonds is 5. The van der Waals surface area contributed by atoms with Crippen molar-refractivity contribution in [2.24, 2.45) is 0 Å². The second-order valence-corrected chi connectivity index (χ2v) is 5.81. The first-order chi connectivity index (χ1) is 11.6. The number of hydrogen-bond acceptors (Lipinski definition) is 6. The van der Waals surface area contributed by atoms with Crippen molar-refractivity contribution in [1.82, 2.24) is 10.2 Å². The Kier molecular flexibility index (Phi) is 4.82. The number of ether oxygens (including phenoxy) is 1. The first kappa shape index (κ1) is 16.5. The number of methoxy groups -OCH3 is 1. The van der Waals surface area contributed by atoms with Crippen LogP contribution in [-0.4, -0.2) is 49.3 Å². The molecule has 0 aliphatic carbocycles. The van der Waals surface area contributed by atoms with Gasteiger partial charge in [-0.2, -0.15) is 0 Å². The Morgan fingerprint density at radius 3 is 2.79 bits per heavy atom. The number of hydrogen-bond donors (Lipinski definition) is 2. The molecule has 1 fully saturated rings. The molecule has 1 aliphatic rings. The normalized spacial score (nSPS) is 15.5. The van der Waals surface area contributed by atoms with Crippen LogP contribution in [0.1, 0.15) is 11.1 Å². The van der Waals surface area contributed by atoms with Gasteiger partial charge in [0.05, 0.1) is 19.1 Å². The molecule has 128 valence electrons. The first-order valence-corrected chi connectivity index (χ1v) is 7.86. The molecule has 0 radical (unpaired) electrons. The van der Waals surface area contributed by atoms with Crippen LogP contribution in [0.25, 0.3) is 11.0 Å². The molecule has 0 saturated carbocycles. The lowest BCUT2D eigenvalue weighted by Gasteiger charge is -2.28. The maximum atomic E-state index is 11.9. The molecule has 0 bridgehead atoms. The minimum Gasteiger partial charge on any atom is -0.496 e. The van der Waals surface area contributed by atoms with Gasteiger partial charge in [-0.3, -0.25) is 9.69 Å². The fourth-order valence-electron chi connectivity index (χ4n) is 3.07. The summed E-state index contributed by atoms with van der Waals surface area (Å²) >= 11 is 0. The summed E-state index contributed by atoms with van der Waals surface area (Å²) < 4.78 is 10.9. The average molecular weight is 332 g/mol. The van der Waals surface area contributed by atoms with Crippen molar-refractivity contribution < 1.29 is 19.1 Å². The van der Waals surface area contributed by atoms with E-state index in [9.17, 15) is 9.59 Å². The van der Waals surface area contributed by atoms with Crippen LogP contribution in [0, 0.1) is 0 Å². The first-order valence-electron chi connectivity index (χ1n) is 7.86. The third kappa shape index (κ3) is 3.42. The number of carboxylic acids is 1. The highest BCUT2D eigenvalue weighted by Crippen LogP contribution is 2.30. The molecule has 1 aromatic carbocycles. The summed E-state index contributed by atoms with van der Waals surface area (Å²) in [6.07, 6.45) is -0.221. The van der Waals surface area contributed by atoms with Gasteiger partial charge in [0, 0.05) is 44.2 Å². The van der Waals surface area contributed by atoms with Crippen LogP contribution in [0.15, 0.2) is 27.4 Å². The summed E-state index contributed by atoms with van der Waals surface area (Å²) in [5.74, 6) is -0.349. The van der Waals surface area contributed by atoms with Gasteiger partial charge in [-0.05, 0) is 17.7 Å². The van der Waals surface area contributed by atoms with Crippen molar-refractivity contribution in [3.05, 3.63) is 39.7 Å². The summed E-state index contributed by atoms with van der Waals surface area (Å²) in [4.78, 5) is 25.2. The quantitative estimate of drug-likeness (QED) is 0.784. The van der Waals surface area contributed by atoms with Gasteiger partial charge in [0.1, 0.15) is 11.3 Å². The number of aliphatic carboxylic acids is 1. The fraction of sp³-hybridized carbons (Fsp3) is 0.412. The van der Waals surface area contributed by atoms with Crippen molar-refractivity contribution in [3.8, 4) is 5.75 Å². The second-order valence-electron chi connectivity index (χ2n) is 5.81. The predicted molar refractivity (Wildman–Crippen MR) is 88.5 cm³/mol. The minimum atomic E-state index is -0.985. The molecule has 2 aromatic rings.